The summed E-state index contributed by atoms with van der Waals surface area (Å²) in [6.07, 6.45) is 0. The molecule has 0 saturated carbocycles. The Morgan fingerprint density at radius 3 is 2.30 bits per heavy atom. The minimum absolute atomic E-state index is 0.0173. The van der Waals surface area contributed by atoms with Gasteiger partial charge >= 0.3 is 0 Å². The van der Waals surface area contributed by atoms with Crippen molar-refractivity contribution in [1.29, 1.82) is 0 Å². The third kappa shape index (κ3) is 2.11. The maximum absolute atomic E-state index is 12.6. The number of fused-ring (bicyclic) bond motifs is 1. The number of benzene rings is 1. The van der Waals surface area contributed by atoms with E-state index in [1.165, 1.54) is 11.1 Å². The highest BCUT2D eigenvalue weighted by Crippen LogP contribution is 2.24. The van der Waals surface area contributed by atoms with E-state index in [1.54, 1.807) is 4.68 Å². The molecule has 0 unspecified atom stereocenters. The Labute approximate surface area is 119 Å². The zero-order chi connectivity index (χ0) is 14.3. The van der Waals surface area contributed by atoms with E-state index in [0.29, 0.717) is 24.7 Å². The zero-order valence-corrected chi connectivity index (χ0v) is 12.1. The van der Waals surface area contributed by atoms with Crippen LogP contribution in [0.4, 0.5) is 0 Å². The van der Waals surface area contributed by atoms with Crippen molar-refractivity contribution in [1.82, 2.24) is 14.7 Å². The molecule has 20 heavy (non-hydrogen) atoms. The molecule has 0 atom stereocenters. The lowest BCUT2D eigenvalue weighted by atomic mass is 10.1. The molecule has 3 rings (SSSR count). The Morgan fingerprint density at radius 1 is 1.20 bits per heavy atom. The van der Waals surface area contributed by atoms with E-state index in [-0.39, 0.29) is 5.91 Å². The van der Waals surface area contributed by atoms with E-state index >= 15 is 0 Å². The summed E-state index contributed by atoms with van der Waals surface area (Å²) in [5.41, 5.74) is 4.11. The van der Waals surface area contributed by atoms with Crippen molar-refractivity contribution in [2.75, 3.05) is 0 Å². The van der Waals surface area contributed by atoms with E-state index in [1.807, 2.05) is 30.1 Å². The van der Waals surface area contributed by atoms with Crippen LogP contribution in [-0.2, 0) is 20.1 Å². The average Bonchev–Trinajstić information content (AvgIpc) is 3.01. The number of aromatic nitrogens is 2. The topological polar surface area (TPSA) is 38.1 Å². The summed E-state index contributed by atoms with van der Waals surface area (Å²) in [7, 11) is 1.89. The van der Waals surface area contributed by atoms with Crippen molar-refractivity contribution in [3.8, 4) is 0 Å². The van der Waals surface area contributed by atoms with Gasteiger partial charge in [-0.2, -0.15) is 5.10 Å². The molecule has 2 heterocycles. The van der Waals surface area contributed by atoms with Gasteiger partial charge in [0.15, 0.2) is 5.69 Å². The standard InChI is InChI=1S/C16H19N3O/c1-11(2)15-8-14(17-18(15)3)16(20)19-9-12-6-4-5-7-13(12)10-19/h4-8,11H,9-10H2,1-3H3. The Bertz CT molecular complexity index is 632. The minimum atomic E-state index is 0.0173. The van der Waals surface area contributed by atoms with Crippen LogP contribution in [0.1, 0.15) is 47.1 Å². The second-order valence-corrected chi connectivity index (χ2v) is 5.66. The maximum Gasteiger partial charge on any atom is 0.274 e. The summed E-state index contributed by atoms with van der Waals surface area (Å²) in [6, 6.07) is 10.1. The molecule has 4 heteroatoms. The lowest BCUT2D eigenvalue weighted by molar-refractivity contribution is 0.0744. The van der Waals surface area contributed by atoms with Gasteiger partial charge in [0.2, 0.25) is 0 Å². The number of rotatable bonds is 2. The van der Waals surface area contributed by atoms with Gasteiger partial charge in [0.25, 0.3) is 5.91 Å². The lowest BCUT2D eigenvalue weighted by Crippen LogP contribution is -2.25. The van der Waals surface area contributed by atoms with Crippen molar-refractivity contribution in [2.45, 2.75) is 32.9 Å². The molecule has 2 aromatic rings. The van der Waals surface area contributed by atoms with E-state index in [0.717, 1.165) is 5.69 Å². The second-order valence-electron chi connectivity index (χ2n) is 5.66. The summed E-state index contributed by atoms with van der Waals surface area (Å²) >= 11 is 0. The normalized spacial score (nSPS) is 13.9. The molecule has 1 aromatic heterocycles. The van der Waals surface area contributed by atoms with Gasteiger partial charge in [-0.1, -0.05) is 38.1 Å². The molecule has 1 aliphatic heterocycles. The fraction of sp³-hybridized carbons (Fsp3) is 0.375. The number of carbonyl (C=O) groups excluding carboxylic acids is 1. The third-order valence-electron chi connectivity index (χ3n) is 3.85. The van der Waals surface area contributed by atoms with Crippen LogP contribution in [0.3, 0.4) is 0 Å². The van der Waals surface area contributed by atoms with E-state index in [4.69, 9.17) is 0 Å². The van der Waals surface area contributed by atoms with Crippen molar-refractivity contribution < 1.29 is 4.79 Å². The number of hydrogen-bond acceptors (Lipinski definition) is 2. The van der Waals surface area contributed by atoms with Crippen LogP contribution in [0.2, 0.25) is 0 Å². The number of aryl methyl sites for hydroxylation is 1. The molecule has 0 spiro atoms. The first-order valence-corrected chi connectivity index (χ1v) is 6.96. The van der Waals surface area contributed by atoms with Crippen LogP contribution < -0.4 is 0 Å². The summed E-state index contributed by atoms with van der Waals surface area (Å²) in [5, 5.41) is 4.36. The first kappa shape index (κ1) is 12.9. The van der Waals surface area contributed by atoms with Gasteiger partial charge in [0, 0.05) is 25.8 Å². The smallest absolute Gasteiger partial charge is 0.274 e. The predicted octanol–water partition coefficient (Wildman–Crippen LogP) is 2.70. The SMILES string of the molecule is CC(C)c1cc(C(=O)N2Cc3ccccc3C2)nn1C. The van der Waals surface area contributed by atoms with Crippen LogP contribution >= 0.6 is 0 Å². The van der Waals surface area contributed by atoms with Crippen LogP contribution in [-0.4, -0.2) is 20.6 Å². The van der Waals surface area contributed by atoms with E-state index in [9.17, 15) is 4.79 Å². The van der Waals surface area contributed by atoms with Gasteiger partial charge in [0.05, 0.1) is 0 Å². The Hall–Kier alpha value is -2.10. The van der Waals surface area contributed by atoms with Crippen molar-refractivity contribution >= 4 is 5.91 Å². The largest absolute Gasteiger partial charge is 0.329 e. The average molecular weight is 269 g/mol. The molecule has 0 N–H and O–H groups in total. The number of amides is 1. The van der Waals surface area contributed by atoms with E-state index in [2.05, 4.69) is 31.1 Å². The van der Waals surface area contributed by atoms with Crippen molar-refractivity contribution in [3.63, 3.8) is 0 Å². The number of nitrogens with zero attached hydrogens (tertiary/aromatic N) is 3. The minimum Gasteiger partial charge on any atom is -0.329 e. The highest BCUT2D eigenvalue weighted by Gasteiger charge is 2.26. The predicted molar refractivity (Wildman–Crippen MR) is 77.3 cm³/mol. The van der Waals surface area contributed by atoms with Crippen molar-refractivity contribution in [3.05, 3.63) is 52.8 Å². The first-order chi connectivity index (χ1) is 9.56. The van der Waals surface area contributed by atoms with Crippen LogP contribution in [0.25, 0.3) is 0 Å². The van der Waals surface area contributed by atoms with Crippen molar-refractivity contribution in [2.24, 2.45) is 7.05 Å². The zero-order valence-electron chi connectivity index (χ0n) is 12.1. The fourth-order valence-electron chi connectivity index (χ4n) is 2.77. The highest BCUT2D eigenvalue weighted by atomic mass is 16.2. The number of carbonyl (C=O) groups is 1. The molecular weight excluding hydrogens is 250 g/mol. The molecule has 0 bridgehead atoms. The molecular formula is C16H19N3O. The molecule has 4 nitrogen and oxygen atoms in total. The summed E-state index contributed by atoms with van der Waals surface area (Å²) in [4.78, 5) is 14.4. The quantitative estimate of drug-likeness (QED) is 0.840. The molecule has 1 aliphatic rings. The third-order valence-corrected chi connectivity index (χ3v) is 3.85. The first-order valence-electron chi connectivity index (χ1n) is 6.96. The van der Waals surface area contributed by atoms with Crippen LogP contribution in [0, 0.1) is 0 Å². The molecule has 1 aromatic carbocycles. The van der Waals surface area contributed by atoms with Gasteiger partial charge in [-0.05, 0) is 23.1 Å². The van der Waals surface area contributed by atoms with Crippen LogP contribution in [0.5, 0.6) is 0 Å². The summed E-state index contributed by atoms with van der Waals surface area (Å²) in [6.45, 7) is 5.58. The Balaban J connectivity index is 1.83. The molecule has 0 saturated heterocycles. The fourth-order valence-corrected chi connectivity index (χ4v) is 2.77. The van der Waals surface area contributed by atoms with E-state index < -0.39 is 0 Å². The molecule has 104 valence electrons. The van der Waals surface area contributed by atoms with Gasteiger partial charge in [-0.25, -0.2) is 0 Å². The molecule has 0 aliphatic carbocycles. The highest BCUT2D eigenvalue weighted by molar-refractivity contribution is 5.92. The Kier molecular flexibility index (Phi) is 3.08. The van der Waals surface area contributed by atoms with Gasteiger partial charge in [-0.15, -0.1) is 0 Å². The lowest BCUT2D eigenvalue weighted by Gasteiger charge is -2.13. The molecule has 1 amide bonds. The summed E-state index contributed by atoms with van der Waals surface area (Å²) in [5.74, 6) is 0.383. The molecule has 0 radical (unpaired) electrons. The molecule has 0 fully saturated rings. The summed E-state index contributed by atoms with van der Waals surface area (Å²) < 4.78 is 1.81. The van der Waals surface area contributed by atoms with Gasteiger partial charge in [0.1, 0.15) is 0 Å². The maximum atomic E-state index is 12.6. The van der Waals surface area contributed by atoms with Crippen LogP contribution in [0.15, 0.2) is 30.3 Å². The van der Waals surface area contributed by atoms with Gasteiger partial charge in [-0.3, -0.25) is 9.48 Å². The monoisotopic (exact) mass is 269 g/mol. The van der Waals surface area contributed by atoms with Gasteiger partial charge < -0.3 is 4.90 Å². The Morgan fingerprint density at radius 2 is 1.80 bits per heavy atom. The second kappa shape index (κ2) is 4.78. The number of hydrogen-bond donors (Lipinski definition) is 0.